The highest BCUT2D eigenvalue weighted by Gasteiger charge is 2.27. The van der Waals surface area contributed by atoms with Gasteiger partial charge in [0.2, 0.25) is 5.91 Å². The highest BCUT2D eigenvalue weighted by atomic mass is 35.5. The molecule has 23 heavy (non-hydrogen) atoms. The van der Waals surface area contributed by atoms with Gasteiger partial charge in [-0.15, -0.1) is 0 Å². The highest BCUT2D eigenvalue weighted by Crippen LogP contribution is 2.36. The first-order chi connectivity index (χ1) is 11.0. The second-order valence-corrected chi connectivity index (χ2v) is 7.85. The van der Waals surface area contributed by atoms with Crippen molar-refractivity contribution in [3.63, 3.8) is 0 Å². The van der Waals surface area contributed by atoms with Crippen molar-refractivity contribution in [3.8, 4) is 0 Å². The number of aryl methyl sites for hydroxylation is 1. The Balaban J connectivity index is 1.72. The van der Waals surface area contributed by atoms with Gasteiger partial charge in [-0.05, 0) is 45.2 Å². The Kier molecular flexibility index (Phi) is 4.78. The average Bonchev–Trinajstić information content (AvgIpc) is 2.97. The quantitative estimate of drug-likeness (QED) is 0.909. The molecule has 1 aromatic carbocycles. The molecule has 0 radical (unpaired) electrons. The van der Waals surface area contributed by atoms with E-state index in [9.17, 15) is 4.79 Å². The molecule has 0 bridgehead atoms. The second kappa shape index (κ2) is 6.65. The van der Waals surface area contributed by atoms with Crippen molar-refractivity contribution in [1.82, 2.24) is 10.3 Å². The van der Waals surface area contributed by atoms with E-state index in [2.05, 4.69) is 17.1 Å². The summed E-state index contributed by atoms with van der Waals surface area (Å²) in [6.07, 6.45) is 1.75. The van der Waals surface area contributed by atoms with Crippen LogP contribution < -0.4 is 10.2 Å². The summed E-state index contributed by atoms with van der Waals surface area (Å²) in [4.78, 5) is 19.2. The molecular weight excluding hydrogens is 330 g/mol. The van der Waals surface area contributed by atoms with Crippen molar-refractivity contribution < 1.29 is 4.79 Å². The van der Waals surface area contributed by atoms with E-state index < -0.39 is 0 Å². The molecule has 2 aromatic rings. The molecule has 1 saturated heterocycles. The third kappa shape index (κ3) is 3.45. The molecule has 0 saturated carbocycles. The fourth-order valence-corrected chi connectivity index (χ4v) is 4.33. The van der Waals surface area contributed by atoms with Crippen LogP contribution in [0.3, 0.4) is 0 Å². The highest BCUT2D eigenvalue weighted by molar-refractivity contribution is 7.22. The van der Waals surface area contributed by atoms with E-state index in [1.54, 1.807) is 11.3 Å². The van der Waals surface area contributed by atoms with Gasteiger partial charge in [-0.2, -0.15) is 0 Å². The van der Waals surface area contributed by atoms with Crippen molar-refractivity contribution in [3.05, 3.63) is 22.7 Å². The zero-order valence-corrected chi connectivity index (χ0v) is 15.3. The summed E-state index contributed by atoms with van der Waals surface area (Å²) in [7, 11) is 0. The number of carbonyl (C=O) groups excluding carboxylic acids is 1. The van der Waals surface area contributed by atoms with Crippen molar-refractivity contribution in [2.75, 3.05) is 18.0 Å². The lowest BCUT2D eigenvalue weighted by Crippen LogP contribution is -2.42. The van der Waals surface area contributed by atoms with Crippen LogP contribution in [0.25, 0.3) is 10.2 Å². The monoisotopic (exact) mass is 351 g/mol. The van der Waals surface area contributed by atoms with E-state index >= 15 is 0 Å². The molecule has 1 amide bonds. The number of carbonyl (C=O) groups is 1. The van der Waals surface area contributed by atoms with Gasteiger partial charge in [-0.25, -0.2) is 4.98 Å². The van der Waals surface area contributed by atoms with Gasteiger partial charge in [0.1, 0.15) is 0 Å². The molecule has 1 aromatic heterocycles. The smallest absolute Gasteiger partial charge is 0.223 e. The molecule has 1 N–H and O–H groups in total. The molecule has 0 atom stereocenters. The maximum Gasteiger partial charge on any atom is 0.223 e. The molecule has 0 spiro atoms. The SMILES string of the molecule is Cc1ccc(Cl)c2sc(N3CCC(C(=O)NC(C)C)CC3)nc12. The van der Waals surface area contributed by atoms with E-state index in [1.807, 2.05) is 26.0 Å². The largest absolute Gasteiger partial charge is 0.354 e. The Labute approximate surface area is 145 Å². The number of benzene rings is 1. The molecule has 3 rings (SSSR count). The van der Waals surface area contributed by atoms with Crippen LogP contribution in [0.2, 0.25) is 5.02 Å². The predicted molar refractivity (Wildman–Crippen MR) is 97.6 cm³/mol. The van der Waals surface area contributed by atoms with Gasteiger partial charge in [0.25, 0.3) is 0 Å². The Bertz CT molecular complexity index is 681. The Morgan fingerprint density at radius 3 is 2.70 bits per heavy atom. The molecule has 6 heteroatoms. The van der Waals surface area contributed by atoms with E-state index in [0.29, 0.717) is 0 Å². The first kappa shape index (κ1) is 16.5. The molecule has 4 nitrogen and oxygen atoms in total. The molecule has 0 aliphatic carbocycles. The van der Waals surface area contributed by atoms with Crippen LogP contribution in [0.4, 0.5) is 5.13 Å². The summed E-state index contributed by atoms with van der Waals surface area (Å²) >= 11 is 7.94. The van der Waals surface area contributed by atoms with Crippen LogP contribution >= 0.6 is 22.9 Å². The van der Waals surface area contributed by atoms with Gasteiger partial charge in [0.05, 0.1) is 15.2 Å². The van der Waals surface area contributed by atoms with Crippen LogP contribution in [0.15, 0.2) is 12.1 Å². The predicted octanol–water partition coefficient (Wildman–Crippen LogP) is 4.00. The van der Waals surface area contributed by atoms with E-state index in [0.717, 1.165) is 51.9 Å². The molecule has 2 heterocycles. The number of aromatic nitrogens is 1. The van der Waals surface area contributed by atoms with Crippen molar-refractivity contribution >= 4 is 44.2 Å². The van der Waals surface area contributed by atoms with Gasteiger partial charge in [0, 0.05) is 25.0 Å². The average molecular weight is 352 g/mol. The lowest BCUT2D eigenvalue weighted by molar-refractivity contribution is -0.126. The van der Waals surface area contributed by atoms with E-state index in [-0.39, 0.29) is 17.9 Å². The molecule has 1 aliphatic heterocycles. The van der Waals surface area contributed by atoms with Gasteiger partial charge >= 0.3 is 0 Å². The maximum atomic E-state index is 12.1. The minimum Gasteiger partial charge on any atom is -0.354 e. The first-order valence-electron chi connectivity index (χ1n) is 8.06. The summed E-state index contributed by atoms with van der Waals surface area (Å²) < 4.78 is 1.06. The number of fused-ring (bicyclic) bond motifs is 1. The van der Waals surface area contributed by atoms with Crippen LogP contribution in [0.5, 0.6) is 0 Å². The lowest BCUT2D eigenvalue weighted by Gasteiger charge is -2.31. The second-order valence-electron chi connectivity index (χ2n) is 6.46. The molecule has 124 valence electrons. The van der Waals surface area contributed by atoms with Gasteiger partial charge in [0.15, 0.2) is 5.13 Å². The van der Waals surface area contributed by atoms with E-state index in [1.165, 1.54) is 0 Å². The van der Waals surface area contributed by atoms with Crippen LogP contribution in [-0.2, 0) is 4.79 Å². The third-order valence-electron chi connectivity index (χ3n) is 4.25. The number of nitrogens with zero attached hydrogens (tertiary/aromatic N) is 2. The normalized spacial score (nSPS) is 16.3. The topological polar surface area (TPSA) is 45.2 Å². The number of halogens is 1. The van der Waals surface area contributed by atoms with Gasteiger partial charge < -0.3 is 10.2 Å². The number of amides is 1. The summed E-state index contributed by atoms with van der Waals surface area (Å²) in [6.45, 7) is 7.80. The summed E-state index contributed by atoms with van der Waals surface area (Å²) in [6, 6.07) is 4.15. The summed E-state index contributed by atoms with van der Waals surface area (Å²) in [5.74, 6) is 0.302. The fraction of sp³-hybridized carbons (Fsp3) is 0.529. The number of piperidine rings is 1. The Morgan fingerprint density at radius 2 is 2.09 bits per heavy atom. The fourth-order valence-electron chi connectivity index (χ4n) is 2.96. The van der Waals surface area contributed by atoms with E-state index in [4.69, 9.17) is 16.6 Å². The van der Waals surface area contributed by atoms with Crippen LogP contribution in [0, 0.1) is 12.8 Å². The number of hydrogen-bond donors (Lipinski definition) is 1. The number of anilines is 1. The minimum atomic E-state index is 0.119. The zero-order chi connectivity index (χ0) is 16.6. The standard InChI is InChI=1S/C17H22ClN3OS/c1-10(2)19-16(22)12-6-8-21(9-7-12)17-20-14-11(3)4-5-13(18)15(14)23-17/h4-5,10,12H,6-9H2,1-3H3,(H,19,22). The number of hydrogen-bond acceptors (Lipinski definition) is 4. The van der Waals surface area contributed by atoms with Crippen LogP contribution in [-0.4, -0.2) is 30.0 Å². The third-order valence-corrected chi connectivity index (χ3v) is 5.83. The number of nitrogens with one attached hydrogen (secondary N) is 1. The van der Waals surface area contributed by atoms with Gasteiger partial charge in [-0.3, -0.25) is 4.79 Å². The van der Waals surface area contributed by atoms with Crippen molar-refractivity contribution in [1.29, 1.82) is 0 Å². The number of rotatable bonds is 3. The Hall–Kier alpha value is -1.33. The van der Waals surface area contributed by atoms with Crippen molar-refractivity contribution in [2.45, 2.75) is 39.7 Å². The molecule has 0 unspecified atom stereocenters. The zero-order valence-electron chi connectivity index (χ0n) is 13.7. The molecule has 1 fully saturated rings. The van der Waals surface area contributed by atoms with Crippen molar-refractivity contribution in [2.24, 2.45) is 5.92 Å². The van der Waals surface area contributed by atoms with Gasteiger partial charge in [-0.1, -0.05) is 29.0 Å². The van der Waals surface area contributed by atoms with Crippen LogP contribution in [0.1, 0.15) is 32.3 Å². The number of thiazole rings is 1. The minimum absolute atomic E-state index is 0.119. The summed E-state index contributed by atoms with van der Waals surface area (Å²) in [5.41, 5.74) is 2.15. The Morgan fingerprint density at radius 1 is 1.39 bits per heavy atom. The summed E-state index contributed by atoms with van der Waals surface area (Å²) in [5, 5.41) is 4.79. The first-order valence-corrected chi connectivity index (χ1v) is 9.26. The lowest BCUT2D eigenvalue weighted by atomic mass is 9.96. The molecular formula is C17H22ClN3OS. The maximum absolute atomic E-state index is 12.1. The molecule has 1 aliphatic rings.